The third-order valence-corrected chi connectivity index (χ3v) is 8.20. The molecule has 0 fully saturated rings. The smallest absolute Gasteiger partial charge is 0.252 e. The second-order valence-corrected chi connectivity index (χ2v) is 11.7. The Bertz CT molecular complexity index is 1730. The van der Waals surface area contributed by atoms with Gasteiger partial charge in [0.05, 0.1) is 13.2 Å². The molecule has 2 atom stereocenters. The molecule has 0 spiro atoms. The van der Waals surface area contributed by atoms with Gasteiger partial charge in [-0.15, -0.1) is 0 Å². The maximum absolute atomic E-state index is 14.5. The first-order valence-electron chi connectivity index (χ1n) is 14.9. The predicted molar refractivity (Wildman–Crippen MR) is 177 cm³/mol. The number of hydrogen-bond acceptors (Lipinski definition) is 6. The minimum absolute atomic E-state index is 0.0402. The molecule has 4 aromatic rings. The van der Waals surface area contributed by atoms with Gasteiger partial charge in [-0.3, -0.25) is 4.79 Å². The van der Waals surface area contributed by atoms with E-state index in [1.54, 1.807) is 18.2 Å². The Morgan fingerprint density at radius 2 is 1.83 bits per heavy atom. The van der Waals surface area contributed by atoms with Crippen LogP contribution in [0.1, 0.15) is 40.3 Å². The molecule has 0 radical (unpaired) electrons. The summed E-state index contributed by atoms with van der Waals surface area (Å²) in [6.07, 6.45) is 0.288. The Balaban J connectivity index is 1.55. The minimum Gasteiger partial charge on any atom is -0.494 e. The summed E-state index contributed by atoms with van der Waals surface area (Å²) in [5.41, 5.74) is 11.3. The number of halogens is 2. The first-order valence-corrected chi connectivity index (χ1v) is 15.7. The summed E-state index contributed by atoms with van der Waals surface area (Å²) in [4.78, 5) is 22.5. The van der Waals surface area contributed by atoms with Crippen LogP contribution in [0.25, 0.3) is 10.4 Å². The number of nitrogens with one attached hydrogen (secondary N) is 1. The van der Waals surface area contributed by atoms with Gasteiger partial charge in [0, 0.05) is 40.9 Å². The van der Waals surface area contributed by atoms with Gasteiger partial charge in [-0.2, -0.15) is 0 Å². The number of azide groups is 1. The minimum atomic E-state index is -1.45. The zero-order valence-electron chi connectivity index (χ0n) is 25.0. The molecule has 0 bridgehead atoms. The van der Waals surface area contributed by atoms with Crippen LogP contribution in [0.3, 0.4) is 0 Å². The van der Waals surface area contributed by atoms with Crippen molar-refractivity contribution >= 4 is 27.7 Å². The van der Waals surface area contributed by atoms with Crippen molar-refractivity contribution < 1.29 is 23.8 Å². The van der Waals surface area contributed by atoms with Crippen molar-refractivity contribution in [2.75, 3.05) is 19.8 Å². The van der Waals surface area contributed by atoms with E-state index in [1.807, 2.05) is 66.7 Å². The molecule has 1 amide bonds. The lowest BCUT2D eigenvalue weighted by molar-refractivity contribution is -0.128. The second kappa shape index (κ2) is 15.5. The van der Waals surface area contributed by atoms with Gasteiger partial charge in [0.2, 0.25) is 5.90 Å². The third kappa shape index (κ3) is 7.92. The quantitative estimate of drug-likeness (QED) is 0.0640. The van der Waals surface area contributed by atoms with Crippen molar-refractivity contribution in [1.82, 2.24) is 5.32 Å². The van der Waals surface area contributed by atoms with E-state index < -0.39 is 11.6 Å². The molecule has 11 heteroatoms. The molecule has 9 nitrogen and oxygen atoms in total. The molecule has 2 N–H and O–H groups in total. The summed E-state index contributed by atoms with van der Waals surface area (Å²) in [6.45, 7) is 0.788. The molecule has 0 saturated carbocycles. The normalized spacial score (nSPS) is 17.0. The van der Waals surface area contributed by atoms with E-state index in [2.05, 4.69) is 31.3 Å². The molecular formula is C35H33BrFN5O4. The van der Waals surface area contributed by atoms with Gasteiger partial charge in [0.15, 0.2) is 11.6 Å². The maximum Gasteiger partial charge on any atom is 0.252 e. The van der Waals surface area contributed by atoms with Gasteiger partial charge in [-0.25, -0.2) is 9.38 Å². The lowest BCUT2D eigenvalue weighted by atomic mass is 9.81. The number of amides is 1. The van der Waals surface area contributed by atoms with E-state index in [-0.39, 0.29) is 37.8 Å². The summed E-state index contributed by atoms with van der Waals surface area (Å²) >= 11 is 3.50. The van der Waals surface area contributed by atoms with Crippen LogP contribution in [0.4, 0.5) is 4.39 Å². The number of ether oxygens (including phenoxy) is 2. The van der Waals surface area contributed by atoms with Crippen LogP contribution < -0.4 is 10.1 Å². The van der Waals surface area contributed by atoms with Gasteiger partial charge in [-0.05, 0) is 82.7 Å². The molecule has 5 rings (SSSR count). The number of hydrogen-bond donors (Lipinski definition) is 2. The highest BCUT2D eigenvalue weighted by molar-refractivity contribution is 9.10. The molecule has 1 heterocycles. The fourth-order valence-electron chi connectivity index (χ4n) is 5.37. The molecular weight excluding hydrogens is 653 g/mol. The number of carbonyl (C=O) groups is 1. The zero-order chi connectivity index (χ0) is 32.4. The number of aliphatic hydroxyl groups is 1. The molecule has 1 aliphatic heterocycles. The number of aliphatic imine (C=N–C) groups is 1. The van der Waals surface area contributed by atoms with Gasteiger partial charge in [0.1, 0.15) is 11.6 Å². The molecule has 0 saturated heterocycles. The van der Waals surface area contributed by atoms with Crippen LogP contribution in [0, 0.1) is 5.82 Å². The standard InChI is InChI=1S/C35H33BrFN5O4/c36-29-13-9-25(10-14-29)32-35(22-27-6-1-2-7-28(27)23-40-42-38,34(44)39-18-17-24-5-3-8-30(37)21-24)41-33(46-32)26-11-15-31(16-12-26)45-20-4-19-43/h1-3,5-16,21,32,43H,4,17-20,22-23H2,(H,39,44)/t32-,35-/m1/s1. The number of rotatable bonds is 14. The maximum atomic E-state index is 14.5. The van der Waals surface area contributed by atoms with Crippen molar-refractivity contribution in [3.63, 3.8) is 0 Å². The van der Waals surface area contributed by atoms with Crippen molar-refractivity contribution in [2.45, 2.75) is 37.5 Å². The van der Waals surface area contributed by atoms with Gasteiger partial charge in [-0.1, -0.05) is 69.6 Å². The Kier molecular flexibility index (Phi) is 11.0. The fourth-order valence-corrected chi connectivity index (χ4v) is 5.63. The van der Waals surface area contributed by atoms with E-state index in [0.29, 0.717) is 36.7 Å². The van der Waals surface area contributed by atoms with Gasteiger partial charge >= 0.3 is 0 Å². The molecule has 46 heavy (non-hydrogen) atoms. The topological polar surface area (TPSA) is 129 Å². The molecule has 0 aromatic heterocycles. The largest absolute Gasteiger partial charge is 0.494 e. The van der Waals surface area contributed by atoms with Crippen molar-refractivity contribution in [3.05, 3.63) is 146 Å². The van der Waals surface area contributed by atoms with Crippen LogP contribution >= 0.6 is 15.9 Å². The first-order chi connectivity index (χ1) is 22.4. The molecule has 1 aliphatic rings. The average Bonchev–Trinajstić information content (AvgIpc) is 3.45. The van der Waals surface area contributed by atoms with E-state index in [1.165, 1.54) is 12.1 Å². The van der Waals surface area contributed by atoms with Crippen molar-refractivity contribution in [2.24, 2.45) is 10.1 Å². The van der Waals surface area contributed by atoms with Crippen molar-refractivity contribution in [3.8, 4) is 5.75 Å². The van der Waals surface area contributed by atoms with Crippen LogP contribution in [0.15, 0.2) is 112 Å². The van der Waals surface area contributed by atoms with E-state index in [9.17, 15) is 9.18 Å². The highest BCUT2D eigenvalue weighted by Gasteiger charge is 2.53. The van der Waals surface area contributed by atoms with Crippen LogP contribution in [0.5, 0.6) is 5.75 Å². The highest BCUT2D eigenvalue weighted by Crippen LogP contribution is 2.43. The number of aliphatic hydroxyl groups excluding tert-OH is 1. The molecule has 0 unspecified atom stereocenters. The lowest BCUT2D eigenvalue weighted by Crippen LogP contribution is -2.50. The summed E-state index contributed by atoms with van der Waals surface area (Å²) in [5.74, 6) is 0.237. The Morgan fingerprint density at radius 1 is 1.07 bits per heavy atom. The summed E-state index contributed by atoms with van der Waals surface area (Å²) in [7, 11) is 0. The van der Waals surface area contributed by atoms with Gasteiger partial charge in [0.25, 0.3) is 5.91 Å². The van der Waals surface area contributed by atoms with Crippen LogP contribution in [0.2, 0.25) is 0 Å². The average molecular weight is 687 g/mol. The number of carbonyl (C=O) groups excluding carboxylic acids is 1. The molecule has 4 aromatic carbocycles. The van der Waals surface area contributed by atoms with Crippen molar-refractivity contribution in [1.29, 1.82) is 0 Å². The lowest BCUT2D eigenvalue weighted by Gasteiger charge is -2.31. The summed E-state index contributed by atoms with van der Waals surface area (Å²) < 4.78 is 27.0. The van der Waals surface area contributed by atoms with Gasteiger partial charge < -0.3 is 19.9 Å². The van der Waals surface area contributed by atoms with Crippen LogP contribution in [-0.2, 0) is 28.9 Å². The summed E-state index contributed by atoms with van der Waals surface area (Å²) in [5, 5.41) is 15.9. The molecule has 0 aliphatic carbocycles. The highest BCUT2D eigenvalue weighted by atomic mass is 79.9. The SMILES string of the molecule is [N-]=[N+]=NCc1ccccc1C[C@@]1(C(=O)NCCc2cccc(F)c2)N=C(c2ccc(OCCCO)cc2)O[C@@H]1c1ccc(Br)cc1. The summed E-state index contributed by atoms with van der Waals surface area (Å²) in [6, 6.07) is 28.6. The predicted octanol–water partition coefficient (Wildman–Crippen LogP) is 7.02. The Hall–Kier alpha value is -4.70. The zero-order valence-corrected chi connectivity index (χ0v) is 26.6. The van der Waals surface area contributed by atoms with E-state index in [4.69, 9.17) is 25.1 Å². The second-order valence-electron chi connectivity index (χ2n) is 10.8. The molecule has 236 valence electrons. The first kappa shape index (κ1) is 32.7. The van der Waals surface area contributed by atoms with E-state index >= 15 is 0 Å². The van der Waals surface area contributed by atoms with E-state index in [0.717, 1.165) is 26.7 Å². The fraction of sp³-hybridized carbons (Fsp3) is 0.257. The third-order valence-electron chi connectivity index (χ3n) is 7.67. The Morgan fingerprint density at radius 3 is 2.54 bits per heavy atom. The number of benzene rings is 4. The monoisotopic (exact) mass is 685 g/mol. The Labute approximate surface area is 274 Å². The number of nitrogens with zero attached hydrogens (tertiary/aromatic N) is 4. The van der Waals surface area contributed by atoms with Crippen LogP contribution in [-0.4, -0.2) is 42.2 Å².